The van der Waals surface area contributed by atoms with Crippen molar-refractivity contribution in [3.8, 4) is 0 Å². The van der Waals surface area contributed by atoms with E-state index < -0.39 is 94.6 Å². The molecule has 0 aromatic carbocycles. The van der Waals surface area contributed by atoms with Gasteiger partial charge in [0.1, 0.15) is 42.0 Å². The SMILES string of the molecule is CCC(C(C)=O)C(=O)N[C@@H](CC1CCCCC1)C(=O)SCCNC(=O)CCNC(=O)C(O)C(C)(C)COP(=O)(O)OP(=O)(O)OC[C@H]1O[C@@H](n2cnc3c(N)ncnc32)[C@H](O)[C@@H]1O. The zero-order valence-electron chi connectivity index (χ0n) is 35.4. The molecule has 10 N–H and O–H groups in total. The van der Waals surface area contributed by atoms with E-state index in [0.29, 0.717) is 12.8 Å². The number of nitrogens with one attached hydrogen (secondary N) is 3. The molecule has 354 valence electrons. The zero-order chi connectivity index (χ0) is 46.7. The van der Waals surface area contributed by atoms with Gasteiger partial charge in [-0.2, -0.15) is 4.31 Å². The van der Waals surface area contributed by atoms with E-state index in [1.807, 2.05) is 0 Å². The number of phosphoric ester groups is 2. The molecule has 63 heavy (non-hydrogen) atoms. The van der Waals surface area contributed by atoms with Gasteiger partial charge in [0.05, 0.1) is 31.5 Å². The third-order valence-corrected chi connectivity index (χ3v) is 14.2. The third-order valence-electron chi connectivity index (χ3n) is 10.6. The van der Waals surface area contributed by atoms with Crippen molar-refractivity contribution in [2.24, 2.45) is 17.3 Å². The summed E-state index contributed by atoms with van der Waals surface area (Å²) in [6.07, 6.45) is 0.143. The van der Waals surface area contributed by atoms with Crippen LogP contribution in [-0.4, -0.2) is 136 Å². The van der Waals surface area contributed by atoms with Crippen LogP contribution in [0.15, 0.2) is 12.7 Å². The number of ketones is 1. The molecule has 1 saturated heterocycles. The molecular weight excluding hydrogens is 894 g/mol. The summed E-state index contributed by atoms with van der Waals surface area (Å²) in [5.41, 5.74) is 4.51. The quantitative estimate of drug-likeness (QED) is 0.0395. The Hall–Kier alpha value is -3.45. The van der Waals surface area contributed by atoms with Gasteiger partial charge in [-0.15, -0.1) is 0 Å². The molecule has 0 radical (unpaired) electrons. The first kappa shape index (κ1) is 52.2. The van der Waals surface area contributed by atoms with Crippen molar-refractivity contribution in [2.45, 2.75) is 116 Å². The molecule has 0 bridgehead atoms. The number of ether oxygens (including phenoxy) is 1. The molecule has 0 spiro atoms. The number of phosphoric acid groups is 2. The van der Waals surface area contributed by atoms with E-state index >= 15 is 0 Å². The minimum Gasteiger partial charge on any atom is -0.387 e. The Morgan fingerprint density at radius 2 is 1.68 bits per heavy atom. The number of carbonyl (C=O) groups excluding carboxylic acids is 5. The molecule has 3 amide bonds. The Morgan fingerprint density at radius 3 is 2.35 bits per heavy atom. The molecule has 2 aromatic rings. The molecule has 2 fully saturated rings. The van der Waals surface area contributed by atoms with Gasteiger partial charge in [0, 0.05) is 30.7 Å². The summed E-state index contributed by atoms with van der Waals surface area (Å²) >= 11 is 0.955. The Balaban J connectivity index is 1.16. The van der Waals surface area contributed by atoms with Crippen molar-refractivity contribution in [3.05, 3.63) is 12.7 Å². The molecule has 4 rings (SSSR count). The van der Waals surface area contributed by atoms with Gasteiger partial charge in [0.25, 0.3) is 0 Å². The highest BCUT2D eigenvalue weighted by Gasteiger charge is 2.47. The molecule has 4 unspecified atom stereocenters. The lowest BCUT2D eigenvalue weighted by Crippen LogP contribution is -2.46. The van der Waals surface area contributed by atoms with Gasteiger partial charge in [-0.25, -0.2) is 24.1 Å². The number of amides is 3. The van der Waals surface area contributed by atoms with E-state index in [9.17, 15) is 58.2 Å². The Morgan fingerprint density at radius 1 is 1.00 bits per heavy atom. The van der Waals surface area contributed by atoms with Crippen LogP contribution < -0.4 is 21.7 Å². The van der Waals surface area contributed by atoms with E-state index in [1.54, 1.807) is 6.92 Å². The van der Waals surface area contributed by atoms with Gasteiger partial charge < -0.3 is 51.5 Å². The van der Waals surface area contributed by atoms with Gasteiger partial charge >= 0.3 is 15.6 Å². The largest absolute Gasteiger partial charge is 0.481 e. The fourth-order valence-corrected chi connectivity index (χ4v) is 10.0. The monoisotopic (exact) mass is 952 g/mol. The first-order chi connectivity index (χ1) is 29.6. The lowest BCUT2D eigenvalue weighted by molar-refractivity contribution is -0.137. The summed E-state index contributed by atoms with van der Waals surface area (Å²) in [5.74, 6) is -2.53. The highest BCUT2D eigenvalue weighted by atomic mass is 32.2. The predicted octanol–water partition coefficient (Wildman–Crippen LogP) is 0.618. The minimum atomic E-state index is -5.42. The summed E-state index contributed by atoms with van der Waals surface area (Å²) in [5, 5.41) is 39.3. The normalized spacial score (nSPS) is 22.9. The van der Waals surface area contributed by atoms with Crippen LogP contribution in [0.1, 0.15) is 85.3 Å². The van der Waals surface area contributed by atoms with E-state index in [0.717, 1.165) is 50.2 Å². The number of aromatic nitrogens is 4. The topological polar surface area (TPSA) is 363 Å². The lowest BCUT2D eigenvalue weighted by atomic mass is 9.85. The molecule has 27 heteroatoms. The number of carbonyl (C=O) groups is 5. The van der Waals surface area contributed by atoms with Gasteiger partial charge in [0.15, 0.2) is 17.7 Å². The second kappa shape index (κ2) is 23.1. The number of anilines is 1. The minimum absolute atomic E-state index is 0.0386. The number of nitrogens with two attached hydrogens (primary N) is 1. The molecule has 24 nitrogen and oxygen atoms in total. The van der Waals surface area contributed by atoms with Crippen LogP contribution in [0.4, 0.5) is 5.82 Å². The van der Waals surface area contributed by atoms with Crippen LogP contribution in [0, 0.1) is 17.3 Å². The number of hydrogen-bond donors (Lipinski definition) is 9. The summed E-state index contributed by atoms with van der Waals surface area (Å²) in [4.78, 5) is 95.3. The second-order valence-electron chi connectivity index (χ2n) is 16.0. The Labute approximate surface area is 367 Å². The molecule has 9 atom stereocenters. The van der Waals surface area contributed by atoms with Crippen LogP contribution in [0.3, 0.4) is 0 Å². The molecule has 2 aliphatic rings. The summed E-state index contributed by atoms with van der Waals surface area (Å²) < 4.78 is 45.9. The Bertz CT molecular complexity index is 2020. The fraction of sp³-hybridized carbons (Fsp3) is 0.722. The Kier molecular flexibility index (Phi) is 19.2. The maximum atomic E-state index is 13.2. The van der Waals surface area contributed by atoms with E-state index in [-0.39, 0.29) is 59.1 Å². The van der Waals surface area contributed by atoms with Gasteiger partial charge in [0.2, 0.25) is 22.8 Å². The average Bonchev–Trinajstić information content (AvgIpc) is 3.77. The maximum Gasteiger partial charge on any atom is 0.481 e. The fourth-order valence-electron chi connectivity index (χ4n) is 7.01. The smallest absolute Gasteiger partial charge is 0.387 e. The van der Waals surface area contributed by atoms with Crippen LogP contribution in [0.2, 0.25) is 0 Å². The highest BCUT2D eigenvalue weighted by Crippen LogP contribution is 2.61. The average molecular weight is 953 g/mol. The molecule has 1 aliphatic carbocycles. The van der Waals surface area contributed by atoms with E-state index in [1.165, 1.54) is 31.7 Å². The lowest BCUT2D eigenvalue weighted by Gasteiger charge is -2.30. The summed E-state index contributed by atoms with van der Waals surface area (Å²) in [7, 11) is -10.8. The number of nitrogen functional groups attached to an aromatic ring is 1. The number of rotatable bonds is 24. The second-order valence-corrected chi connectivity index (χ2v) is 20.2. The van der Waals surface area contributed by atoms with Crippen LogP contribution in [0.25, 0.3) is 11.2 Å². The van der Waals surface area contributed by atoms with E-state index in [4.69, 9.17) is 19.5 Å². The van der Waals surface area contributed by atoms with Crippen molar-refractivity contribution in [1.29, 1.82) is 0 Å². The van der Waals surface area contributed by atoms with Crippen molar-refractivity contribution >= 4 is 73.0 Å². The first-order valence-corrected chi connectivity index (χ1v) is 24.3. The van der Waals surface area contributed by atoms with Crippen LogP contribution in [0.5, 0.6) is 0 Å². The molecular formula is C36H58N8O16P2S. The van der Waals surface area contributed by atoms with Crippen molar-refractivity contribution < 1.29 is 76.3 Å². The summed E-state index contributed by atoms with van der Waals surface area (Å²) in [6.45, 7) is 3.72. The highest BCUT2D eigenvalue weighted by molar-refractivity contribution is 8.13. The molecule has 1 saturated carbocycles. The van der Waals surface area contributed by atoms with Crippen molar-refractivity contribution in [3.63, 3.8) is 0 Å². The van der Waals surface area contributed by atoms with Crippen LogP contribution in [-0.2, 0) is 51.2 Å². The summed E-state index contributed by atoms with van der Waals surface area (Å²) in [6, 6.07) is -0.772. The number of nitrogens with zero attached hydrogens (tertiary/aromatic N) is 4. The number of thioether (sulfide) groups is 1. The number of aliphatic hydroxyl groups is 3. The predicted molar refractivity (Wildman–Crippen MR) is 224 cm³/mol. The van der Waals surface area contributed by atoms with Gasteiger partial charge in [-0.1, -0.05) is 64.6 Å². The maximum absolute atomic E-state index is 13.2. The van der Waals surface area contributed by atoms with Crippen molar-refractivity contribution in [1.82, 2.24) is 35.5 Å². The van der Waals surface area contributed by atoms with Gasteiger partial charge in [-0.05, 0) is 25.7 Å². The zero-order valence-corrected chi connectivity index (χ0v) is 38.0. The molecule has 3 heterocycles. The number of aliphatic hydroxyl groups excluding tert-OH is 3. The number of Topliss-reactive ketones (excluding diaryl/α,β-unsaturated/α-hetero) is 1. The number of hydrogen-bond acceptors (Lipinski definition) is 19. The standard InChI is InChI=1S/C36H58N8O16P2S/c1-5-22(20(2)45)32(50)43-23(15-21-9-7-6-8-10-21)35(52)63-14-13-38-25(46)11-12-39-33(51)29(49)36(3,4)17-58-62(55,56)60-61(53,54)57-16-24-27(47)28(48)34(59-24)44-19-42-26-30(37)40-18-41-31(26)44/h18-19,21-24,27-29,34,47-49H,5-17H2,1-4H3,(H,38,46)(H,39,51)(H,43,50)(H,53,54)(H,55,56)(H2,37,40,41)/t22?,23-,24+,27+,28+,29?,34+/m0/s1. The third kappa shape index (κ3) is 15.0. The van der Waals surface area contributed by atoms with E-state index in [2.05, 4.69) is 35.2 Å². The van der Waals surface area contributed by atoms with Crippen molar-refractivity contribution in [2.75, 3.05) is 37.8 Å². The van der Waals surface area contributed by atoms with Gasteiger partial charge in [-0.3, -0.25) is 37.6 Å². The first-order valence-electron chi connectivity index (χ1n) is 20.4. The molecule has 1 aliphatic heterocycles. The molecule has 2 aromatic heterocycles. The van der Waals surface area contributed by atoms with Crippen LogP contribution >= 0.6 is 27.4 Å². The number of imidazole rings is 1. The number of fused-ring (bicyclic) bond motifs is 1.